The highest BCUT2D eigenvalue weighted by Crippen LogP contribution is 2.34. The average molecular weight is 285 g/mol. The van der Waals surface area contributed by atoms with Crippen LogP contribution < -0.4 is 0 Å². The van der Waals surface area contributed by atoms with Crippen molar-refractivity contribution >= 4 is 11.9 Å². The van der Waals surface area contributed by atoms with Crippen molar-refractivity contribution < 1.29 is 19.8 Å². The van der Waals surface area contributed by atoms with Crippen LogP contribution in [0.5, 0.6) is 0 Å². The van der Waals surface area contributed by atoms with E-state index in [-0.39, 0.29) is 30.9 Å². The van der Waals surface area contributed by atoms with E-state index in [9.17, 15) is 14.7 Å². The van der Waals surface area contributed by atoms with Crippen LogP contribution in [0.3, 0.4) is 0 Å². The third-order valence-corrected chi connectivity index (χ3v) is 4.67. The van der Waals surface area contributed by atoms with E-state index in [1.807, 2.05) is 13.8 Å². The Morgan fingerprint density at radius 1 is 1.35 bits per heavy atom. The van der Waals surface area contributed by atoms with Crippen LogP contribution in [0, 0.1) is 11.3 Å². The Morgan fingerprint density at radius 3 is 2.30 bits per heavy atom. The van der Waals surface area contributed by atoms with Gasteiger partial charge in [0, 0.05) is 25.6 Å². The molecule has 1 unspecified atom stereocenters. The largest absolute Gasteiger partial charge is 0.481 e. The van der Waals surface area contributed by atoms with E-state index in [0.717, 1.165) is 19.3 Å². The van der Waals surface area contributed by atoms with Gasteiger partial charge >= 0.3 is 5.97 Å². The number of aliphatic carboxylic acids is 1. The van der Waals surface area contributed by atoms with Crippen molar-refractivity contribution in [2.75, 3.05) is 13.2 Å². The lowest BCUT2D eigenvalue weighted by molar-refractivity contribution is -0.156. The Labute approximate surface area is 121 Å². The predicted octanol–water partition coefficient (Wildman–Crippen LogP) is 1.89. The van der Waals surface area contributed by atoms with Crippen molar-refractivity contribution in [2.24, 2.45) is 11.3 Å². The summed E-state index contributed by atoms with van der Waals surface area (Å²) in [5.74, 6) is -1.12. The van der Waals surface area contributed by atoms with Gasteiger partial charge in [0.2, 0.25) is 5.91 Å². The molecule has 1 amide bonds. The number of carbonyl (C=O) groups excluding carboxylic acids is 1. The molecule has 20 heavy (non-hydrogen) atoms. The summed E-state index contributed by atoms with van der Waals surface area (Å²) in [6, 6.07) is 0.235. The number of carboxylic acids is 1. The van der Waals surface area contributed by atoms with Crippen LogP contribution in [0.15, 0.2) is 0 Å². The quantitative estimate of drug-likeness (QED) is 0.714. The van der Waals surface area contributed by atoms with Crippen molar-refractivity contribution in [3.63, 3.8) is 0 Å². The molecule has 2 N–H and O–H groups in total. The maximum atomic E-state index is 12.5. The smallest absolute Gasteiger partial charge is 0.310 e. The molecule has 1 aliphatic carbocycles. The average Bonchev–Trinajstić information content (AvgIpc) is 2.30. The number of aliphatic hydroxyl groups excluding tert-OH is 1. The Kier molecular flexibility index (Phi) is 5.99. The maximum Gasteiger partial charge on any atom is 0.310 e. The van der Waals surface area contributed by atoms with Gasteiger partial charge in [0.1, 0.15) is 0 Å². The zero-order chi connectivity index (χ0) is 15.3. The predicted molar refractivity (Wildman–Crippen MR) is 76.3 cm³/mol. The van der Waals surface area contributed by atoms with Crippen LogP contribution in [0.2, 0.25) is 0 Å². The van der Waals surface area contributed by atoms with Gasteiger partial charge in [-0.15, -0.1) is 0 Å². The van der Waals surface area contributed by atoms with Crippen LogP contribution >= 0.6 is 0 Å². The van der Waals surface area contributed by atoms with E-state index >= 15 is 0 Å². The first-order valence-corrected chi connectivity index (χ1v) is 7.46. The first-order valence-electron chi connectivity index (χ1n) is 7.46. The first kappa shape index (κ1) is 17.0. The summed E-state index contributed by atoms with van der Waals surface area (Å²) in [5, 5.41) is 18.4. The number of rotatable bonds is 8. The van der Waals surface area contributed by atoms with Gasteiger partial charge in [-0.05, 0) is 38.5 Å². The monoisotopic (exact) mass is 285 g/mol. The number of carbonyl (C=O) groups is 2. The third-order valence-electron chi connectivity index (χ3n) is 4.67. The number of hydrogen-bond acceptors (Lipinski definition) is 3. The molecular formula is C15H27NO4. The highest BCUT2D eigenvalue weighted by atomic mass is 16.4. The first-order chi connectivity index (χ1) is 9.32. The molecule has 1 atom stereocenters. The molecule has 0 aromatic heterocycles. The number of aliphatic hydroxyl groups is 1. The van der Waals surface area contributed by atoms with E-state index < -0.39 is 11.4 Å². The molecule has 1 saturated carbocycles. The molecule has 0 aromatic carbocycles. The summed E-state index contributed by atoms with van der Waals surface area (Å²) >= 11 is 0. The molecule has 0 radical (unpaired) electrons. The van der Waals surface area contributed by atoms with Gasteiger partial charge < -0.3 is 15.1 Å². The van der Waals surface area contributed by atoms with E-state index in [2.05, 4.69) is 0 Å². The fourth-order valence-electron chi connectivity index (χ4n) is 2.39. The molecule has 0 spiro atoms. The SMILES string of the molecule is CC(C)C(C)(CC(=O)N(CCCO)C1CCC1)C(=O)O. The minimum atomic E-state index is -1.03. The van der Waals surface area contributed by atoms with Crippen LogP contribution in [-0.2, 0) is 9.59 Å². The number of nitrogens with zero attached hydrogens (tertiary/aromatic N) is 1. The lowest BCUT2D eigenvalue weighted by atomic mass is 9.75. The van der Waals surface area contributed by atoms with Gasteiger partial charge in [-0.1, -0.05) is 13.8 Å². The summed E-state index contributed by atoms with van der Waals surface area (Å²) in [7, 11) is 0. The molecule has 116 valence electrons. The third kappa shape index (κ3) is 3.72. The van der Waals surface area contributed by atoms with Gasteiger partial charge in [-0.3, -0.25) is 9.59 Å². The lowest BCUT2D eigenvalue weighted by Crippen LogP contribution is -2.48. The highest BCUT2D eigenvalue weighted by molar-refractivity contribution is 5.85. The Bertz CT molecular complexity index is 352. The second-order valence-electron chi connectivity index (χ2n) is 6.30. The molecular weight excluding hydrogens is 258 g/mol. The van der Waals surface area contributed by atoms with Gasteiger partial charge in [-0.25, -0.2) is 0 Å². The van der Waals surface area contributed by atoms with Gasteiger partial charge in [0.05, 0.1) is 5.41 Å². The van der Waals surface area contributed by atoms with E-state index in [0.29, 0.717) is 13.0 Å². The lowest BCUT2D eigenvalue weighted by Gasteiger charge is -2.40. The summed E-state index contributed by atoms with van der Waals surface area (Å²) in [6.07, 6.45) is 3.68. The fraction of sp³-hybridized carbons (Fsp3) is 0.867. The Balaban J connectivity index is 2.75. The van der Waals surface area contributed by atoms with Gasteiger partial charge in [0.15, 0.2) is 0 Å². The van der Waals surface area contributed by atoms with Crippen LogP contribution in [0.25, 0.3) is 0 Å². The summed E-state index contributed by atoms with van der Waals surface area (Å²) in [6.45, 7) is 5.89. The molecule has 0 heterocycles. The van der Waals surface area contributed by atoms with E-state index in [1.165, 1.54) is 0 Å². The molecule has 0 aromatic rings. The molecule has 1 fully saturated rings. The van der Waals surface area contributed by atoms with Gasteiger partial charge in [0.25, 0.3) is 0 Å². The molecule has 5 heteroatoms. The minimum Gasteiger partial charge on any atom is -0.481 e. The zero-order valence-corrected chi connectivity index (χ0v) is 12.8. The van der Waals surface area contributed by atoms with Crippen LogP contribution in [0.1, 0.15) is 52.9 Å². The van der Waals surface area contributed by atoms with Crippen LogP contribution in [-0.4, -0.2) is 46.2 Å². The zero-order valence-electron chi connectivity index (χ0n) is 12.8. The summed E-state index contributed by atoms with van der Waals surface area (Å²) in [4.78, 5) is 25.7. The molecule has 5 nitrogen and oxygen atoms in total. The summed E-state index contributed by atoms with van der Waals surface area (Å²) in [5.41, 5.74) is -1.03. The maximum absolute atomic E-state index is 12.5. The van der Waals surface area contributed by atoms with Crippen molar-refractivity contribution in [2.45, 2.75) is 58.9 Å². The molecule has 0 aliphatic heterocycles. The van der Waals surface area contributed by atoms with Crippen molar-refractivity contribution in [1.29, 1.82) is 0 Å². The van der Waals surface area contributed by atoms with E-state index in [1.54, 1.807) is 11.8 Å². The van der Waals surface area contributed by atoms with Gasteiger partial charge in [-0.2, -0.15) is 0 Å². The molecule has 1 aliphatic rings. The Morgan fingerprint density at radius 2 is 1.95 bits per heavy atom. The number of carboxylic acid groups (broad SMARTS) is 1. The number of amides is 1. The van der Waals surface area contributed by atoms with Crippen molar-refractivity contribution in [1.82, 2.24) is 4.90 Å². The molecule has 0 bridgehead atoms. The highest BCUT2D eigenvalue weighted by Gasteiger charge is 2.41. The Hall–Kier alpha value is -1.10. The second-order valence-corrected chi connectivity index (χ2v) is 6.30. The van der Waals surface area contributed by atoms with E-state index in [4.69, 9.17) is 5.11 Å². The summed E-state index contributed by atoms with van der Waals surface area (Å²) < 4.78 is 0. The molecule has 0 saturated heterocycles. The number of hydrogen-bond donors (Lipinski definition) is 2. The second kappa shape index (κ2) is 7.07. The molecule has 1 rings (SSSR count). The van der Waals surface area contributed by atoms with Crippen molar-refractivity contribution in [3.05, 3.63) is 0 Å². The standard InChI is InChI=1S/C15H27NO4/c1-11(2)15(3,14(19)20)10-13(18)16(8-5-9-17)12-6-4-7-12/h11-12,17H,4-10H2,1-3H3,(H,19,20). The topological polar surface area (TPSA) is 77.8 Å². The normalized spacial score (nSPS) is 18.4. The minimum absolute atomic E-state index is 0.0297. The van der Waals surface area contributed by atoms with Crippen LogP contribution in [0.4, 0.5) is 0 Å². The van der Waals surface area contributed by atoms with Crippen molar-refractivity contribution in [3.8, 4) is 0 Å². The fourth-order valence-corrected chi connectivity index (χ4v) is 2.39.